The highest BCUT2D eigenvalue weighted by Crippen LogP contribution is 2.32. The molecule has 2 atom stereocenters. The maximum atomic E-state index is 12.7. The van der Waals surface area contributed by atoms with E-state index in [2.05, 4.69) is 0 Å². The number of hydrogen-bond acceptors (Lipinski definition) is 11. The lowest BCUT2D eigenvalue weighted by atomic mass is 9.88. The van der Waals surface area contributed by atoms with Crippen LogP contribution in [-0.4, -0.2) is 54.7 Å². The Morgan fingerprint density at radius 1 is 0.878 bits per heavy atom. The minimum atomic E-state index is -1.57. The Bertz CT molecular complexity index is 1050. The van der Waals surface area contributed by atoms with Crippen molar-refractivity contribution >= 4 is 24.2 Å². The second-order valence-corrected chi connectivity index (χ2v) is 11.4. The smallest absolute Gasteiger partial charge is 0.468 e. The van der Waals surface area contributed by atoms with E-state index >= 15 is 0 Å². The molecule has 0 aliphatic rings. The van der Waals surface area contributed by atoms with Gasteiger partial charge in [-0.25, -0.2) is 9.59 Å². The third kappa shape index (κ3) is 12.4. The number of methoxy groups -OCH3 is 1. The quantitative estimate of drug-likeness (QED) is 0.150. The highest BCUT2D eigenvalue weighted by molar-refractivity contribution is 5.81. The van der Waals surface area contributed by atoms with Crippen molar-refractivity contribution in [1.82, 2.24) is 0 Å². The van der Waals surface area contributed by atoms with Crippen LogP contribution in [0.1, 0.15) is 93.1 Å². The fourth-order valence-electron chi connectivity index (χ4n) is 3.31. The number of benzene rings is 1. The lowest BCUT2D eigenvalue weighted by Crippen LogP contribution is -2.51. The van der Waals surface area contributed by atoms with Gasteiger partial charge in [0, 0.05) is 19.3 Å². The Morgan fingerprint density at radius 2 is 1.41 bits per heavy atom. The van der Waals surface area contributed by atoms with E-state index in [4.69, 9.17) is 34.2 Å². The lowest BCUT2D eigenvalue weighted by molar-refractivity contribution is -0.151. The lowest BCUT2D eigenvalue weighted by Gasteiger charge is -2.27. The van der Waals surface area contributed by atoms with Crippen molar-refractivity contribution in [2.24, 2.45) is 11.7 Å². The molecule has 0 aromatic heterocycles. The SMILES string of the molecule is CCC(C)CC(=O)OCC[C@@](N)(Cc1ccc(OC(=O)OC(C)(C)CC)c(OC(=O)OC(C)(C)CC)c1)C(=O)OC. The van der Waals surface area contributed by atoms with Crippen molar-refractivity contribution in [2.45, 2.75) is 111 Å². The van der Waals surface area contributed by atoms with Gasteiger partial charge in [-0.2, -0.15) is 0 Å². The summed E-state index contributed by atoms with van der Waals surface area (Å²) in [5.74, 6) is -1.16. The highest BCUT2D eigenvalue weighted by atomic mass is 16.8. The third-order valence-corrected chi connectivity index (χ3v) is 6.95. The van der Waals surface area contributed by atoms with Gasteiger partial charge in [0.05, 0.1) is 13.7 Å². The average Bonchev–Trinajstić information content (AvgIpc) is 2.88. The minimum Gasteiger partial charge on any atom is -0.468 e. The van der Waals surface area contributed by atoms with E-state index < -0.39 is 35.0 Å². The van der Waals surface area contributed by atoms with E-state index in [0.29, 0.717) is 18.4 Å². The first kappa shape index (κ1) is 35.7. The number of hydrogen-bond donors (Lipinski definition) is 1. The van der Waals surface area contributed by atoms with Crippen LogP contribution in [-0.2, 0) is 35.0 Å². The first-order valence-corrected chi connectivity index (χ1v) is 14.0. The maximum Gasteiger partial charge on any atom is 0.514 e. The molecular formula is C30H47NO10. The molecule has 232 valence electrons. The van der Waals surface area contributed by atoms with Gasteiger partial charge in [-0.15, -0.1) is 0 Å². The summed E-state index contributed by atoms with van der Waals surface area (Å²) in [6, 6.07) is 4.36. The molecule has 0 aliphatic carbocycles. The van der Waals surface area contributed by atoms with Crippen LogP contribution in [0.4, 0.5) is 9.59 Å². The fraction of sp³-hybridized carbons (Fsp3) is 0.667. The van der Waals surface area contributed by atoms with Gasteiger partial charge in [-0.3, -0.25) is 9.59 Å². The van der Waals surface area contributed by atoms with Crippen LogP contribution in [0.15, 0.2) is 18.2 Å². The van der Waals surface area contributed by atoms with Gasteiger partial charge in [0.15, 0.2) is 11.5 Å². The Kier molecular flexibility index (Phi) is 13.6. The fourth-order valence-corrected chi connectivity index (χ4v) is 3.31. The molecule has 0 heterocycles. The predicted octanol–water partition coefficient (Wildman–Crippen LogP) is 5.88. The van der Waals surface area contributed by atoms with Crippen molar-refractivity contribution < 1.29 is 47.6 Å². The summed E-state index contributed by atoms with van der Waals surface area (Å²) in [5, 5.41) is 0. The molecule has 2 N–H and O–H groups in total. The molecule has 0 amide bonds. The molecule has 1 rings (SSSR count). The zero-order valence-corrected chi connectivity index (χ0v) is 25.9. The standard InChI is InChI=1S/C30H47NO10/c1-10-20(4)17-24(32)37-16-15-30(31,25(33)36-9)19-21-13-14-22(38-26(34)40-28(5,6)11-2)23(18-21)39-27(35)41-29(7,8)12-3/h13-14,18,20H,10-12,15-17,19,31H2,1-9H3/t20?,30-/m1/s1. The minimum absolute atomic E-state index is 0.0223. The number of carbonyl (C=O) groups excluding carboxylic acids is 4. The first-order chi connectivity index (χ1) is 19.0. The summed E-state index contributed by atoms with van der Waals surface area (Å²) in [6.07, 6.45) is 0.0765. The Hall–Kier alpha value is -3.34. The highest BCUT2D eigenvalue weighted by Gasteiger charge is 2.36. The van der Waals surface area contributed by atoms with Crippen molar-refractivity contribution in [2.75, 3.05) is 13.7 Å². The molecule has 11 heteroatoms. The number of nitrogens with two attached hydrogens (primary N) is 1. The van der Waals surface area contributed by atoms with E-state index in [0.717, 1.165) is 6.42 Å². The van der Waals surface area contributed by atoms with E-state index in [-0.39, 0.29) is 49.3 Å². The van der Waals surface area contributed by atoms with Crippen LogP contribution in [0.2, 0.25) is 0 Å². The van der Waals surface area contributed by atoms with Crippen LogP contribution < -0.4 is 15.2 Å². The molecule has 0 fully saturated rings. The second kappa shape index (κ2) is 15.6. The molecule has 0 saturated heterocycles. The van der Waals surface area contributed by atoms with Crippen molar-refractivity contribution in [3.63, 3.8) is 0 Å². The van der Waals surface area contributed by atoms with Crippen LogP contribution in [0, 0.1) is 5.92 Å². The predicted molar refractivity (Wildman–Crippen MR) is 152 cm³/mol. The maximum absolute atomic E-state index is 12.7. The molecule has 0 aliphatic heterocycles. The summed E-state index contributed by atoms with van der Waals surface area (Å²) < 4.78 is 31.7. The van der Waals surface area contributed by atoms with Gasteiger partial charge in [-0.1, -0.05) is 40.2 Å². The van der Waals surface area contributed by atoms with E-state index in [9.17, 15) is 19.2 Å². The summed E-state index contributed by atoms with van der Waals surface area (Å²) in [7, 11) is 1.21. The van der Waals surface area contributed by atoms with Gasteiger partial charge in [0.25, 0.3) is 0 Å². The molecule has 0 spiro atoms. The van der Waals surface area contributed by atoms with E-state index in [1.807, 2.05) is 27.7 Å². The molecule has 0 bridgehead atoms. The molecule has 1 aromatic rings. The van der Waals surface area contributed by atoms with Crippen LogP contribution in [0.3, 0.4) is 0 Å². The Balaban J connectivity index is 3.24. The summed E-state index contributed by atoms with van der Waals surface area (Å²) in [5.41, 5.74) is 3.76. The Labute approximate surface area is 243 Å². The second-order valence-electron chi connectivity index (χ2n) is 11.4. The van der Waals surface area contributed by atoms with Gasteiger partial charge < -0.3 is 34.2 Å². The van der Waals surface area contributed by atoms with Crippen molar-refractivity contribution in [3.05, 3.63) is 23.8 Å². The molecule has 1 aromatic carbocycles. The largest absolute Gasteiger partial charge is 0.514 e. The zero-order valence-electron chi connectivity index (χ0n) is 25.9. The topological polar surface area (TPSA) is 150 Å². The molecule has 0 radical (unpaired) electrons. The van der Waals surface area contributed by atoms with Crippen molar-refractivity contribution in [3.8, 4) is 11.5 Å². The average molecular weight is 582 g/mol. The number of esters is 2. The van der Waals surface area contributed by atoms with Crippen LogP contribution in [0.25, 0.3) is 0 Å². The Morgan fingerprint density at radius 3 is 1.90 bits per heavy atom. The van der Waals surface area contributed by atoms with E-state index in [1.54, 1.807) is 33.8 Å². The number of ether oxygens (including phenoxy) is 6. The molecule has 1 unspecified atom stereocenters. The van der Waals surface area contributed by atoms with Crippen LogP contribution >= 0.6 is 0 Å². The van der Waals surface area contributed by atoms with Gasteiger partial charge >= 0.3 is 24.2 Å². The zero-order chi connectivity index (χ0) is 31.4. The monoisotopic (exact) mass is 581 g/mol. The van der Waals surface area contributed by atoms with Gasteiger partial charge in [0.1, 0.15) is 16.7 Å². The molecule has 11 nitrogen and oxygen atoms in total. The molecular weight excluding hydrogens is 534 g/mol. The van der Waals surface area contributed by atoms with Crippen LogP contribution in [0.5, 0.6) is 11.5 Å². The van der Waals surface area contributed by atoms with E-state index in [1.165, 1.54) is 19.2 Å². The summed E-state index contributed by atoms with van der Waals surface area (Å²) >= 11 is 0. The first-order valence-electron chi connectivity index (χ1n) is 14.0. The third-order valence-electron chi connectivity index (χ3n) is 6.95. The summed E-state index contributed by atoms with van der Waals surface area (Å²) in [4.78, 5) is 49.8. The van der Waals surface area contributed by atoms with Gasteiger partial charge in [0.2, 0.25) is 0 Å². The molecule has 0 saturated carbocycles. The number of carbonyl (C=O) groups is 4. The van der Waals surface area contributed by atoms with Crippen molar-refractivity contribution in [1.29, 1.82) is 0 Å². The normalized spacial score (nSPS) is 13.8. The molecule has 41 heavy (non-hydrogen) atoms. The number of rotatable bonds is 15. The summed E-state index contributed by atoms with van der Waals surface area (Å²) in [6.45, 7) is 14.4. The van der Waals surface area contributed by atoms with Gasteiger partial charge in [-0.05, 0) is 64.2 Å².